The summed E-state index contributed by atoms with van der Waals surface area (Å²) >= 11 is 0. The Morgan fingerprint density at radius 2 is 1.40 bits per heavy atom. The van der Waals surface area contributed by atoms with Crippen molar-refractivity contribution in [3.05, 3.63) is 0 Å². The first kappa shape index (κ1) is 17.8. The smallest absolute Gasteiger partial charge is 0.0701 e. The van der Waals surface area contributed by atoms with E-state index in [9.17, 15) is 0 Å². The topological polar surface area (TPSA) is 54.4 Å². The molecule has 20 heavy (non-hydrogen) atoms. The number of ether oxygens (including phenoxy) is 3. The predicted molar refractivity (Wildman–Crippen MR) is 78.1 cm³/mol. The Morgan fingerprint density at radius 3 is 2.05 bits per heavy atom. The van der Waals surface area contributed by atoms with Crippen LogP contribution < -0.4 is 0 Å². The molecule has 0 bridgehead atoms. The Kier molecular flexibility index (Phi) is 11.1. The molecule has 1 rings (SSSR count). The first-order chi connectivity index (χ1) is 9.86. The Morgan fingerprint density at radius 1 is 0.800 bits per heavy atom. The van der Waals surface area contributed by atoms with Crippen LogP contribution in [0.4, 0.5) is 0 Å². The van der Waals surface area contributed by atoms with Gasteiger partial charge >= 0.3 is 0 Å². The molecule has 0 amide bonds. The van der Waals surface area contributed by atoms with Crippen molar-refractivity contribution in [3.8, 4) is 0 Å². The number of rotatable bonds is 11. The van der Waals surface area contributed by atoms with E-state index in [-0.39, 0.29) is 6.61 Å². The largest absolute Gasteiger partial charge is 0.395 e. The lowest BCUT2D eigenvalue weighted by molar-refractivity contribution is 0.0197. The first-order valence-electron chi connectivity index (χ1n) is 7.57. The summed E-state index contributed by atoms with van der Waals surface area (Å²) in [6.45, 7) is 9.65. The fourth-order valence-corrected chi connectivity index (χ4v) is 2.27. The lowest BCUT2D eigenvalue weighted by Gasteiger charge is -2.21. The van der Waals surface area contributed by atoms with Crippen LogP contribution in [0.25, 0.3) is 0 Å². The van der Waals surface area contributed by atoms with Crippen LogP contribution in [-0.2, 0) is 14.2 Å². The highest BCUT2D eigenvalue weighted by Crippen LogP contribution is 2.02. The van der Waals surface area contributed by atoms with Gasteiger partial charge in [0.15, 0.2) is 0 Å². The minimum Gasteiger partial charge on any atom is -0.395 e. The molecule has 120 valence electrons. The molecule has 0 unspecified atom stereocenters. The van der Waals surface area contributed by atoms with Gasteiger partial charge in [-0.15, -0.1) is 0 Å². The van der Waals surface area contributed by atoms with Gasteiger partial charge in [-0.05, 0) is 19.5 Å². The van der Waals surface area contributed by atoms with Gasteiger partial charge in [-0.25, -0.2) is 0 Å². The maximum absolute atomic E-state index is 8.96. The number of aliphatic hydroxyl groups excluding tert-OH is 1. The molecule has 1 N–H and O–H groups in total. The molecule has 0 saturated carbocycles. The van der Waals surface area contributed by atoms with E-state index >= 15 is 0 Å². The quantitative estimate of drug-likeness (QED) is 0.526. The van der Waals surface area contributed by atoms with E-state index in [4.69, 9.17) is 19.3 Å². The third-order valence-electron chi connectivity index (χ3n) is 3.45. The zero-order chi connectivity index (χ0) is 14.5. The van der Waals surface area contributed by atoms with E-state index < -0.39 is 0 Å². The molecule has 6 nitrogen and oxygen atoms in total. The number of methoxy groups -OCH3 is 1. The molecule has 0 atom stereocenters. The number of nitrogens with zero attached hydrogens (tertiary/aromatic N) is 2. The van der Waals surface area contributed by atoms with Crippen molar-refractivity contribution in [3.63, 3.8) is 0 Å². The van der Waals surface area contributed by atoms with E-state index in [1.807, 2.05) is 0 Å². The highest BCUT2D eigenvalue weighted by atomic mass is 16.5. The van der Waals surface area contributed by atoms with Crippen molar-refractivity contribution < 1.29 is 19.3 Å². The Bertz CT molecular complexity index is 219. The number of hydrogen-bond donors (Lipinski definition) is 1. The summed E-state index contributed by atoms with van der Waals surface area (Å²) in [5, 5.41) is 8.96. The summed E-state index contributed by atoms with van der Waals surface area (Å²) in [5.41, 5.74) is 0. The zero-order valence-electron chi connectivity index (χ0n) is 12.8. The van der Waals surface area contributed by atoms with E-state index in [1.165, 1.54) is 6.42 Å². The maximum atomic E-state index is 8.96. The van der Waals surface area contributed by atoms with E-state index in [2.05, 4.69) is 9.80 Å². The number of hydrogen-bond acceptors (Lipinski definition) is 6. The highest BCUT2D eigenvalue weighted by Gasteiger charge is 2.13. The van der Waals surface area contributed by atoms with Gasteiger partial charge in [-0.2, -0.15) is 0 Å². The van der Waals surface area contributed by atoms with Gasteiger partial charge in [0, 0.05) is 33.3 Å². The van der Waals surface area contributed by atoms with E-state index in [1.54, 1.807) is 7.11 Å². The molecule has 0 aliphatic carbocycles. The second kappa shape index (κ2) is 12.5. The van der Waals surface area contributed by atoms with Gasteiger partial charge < -0.3 is 19.3 Å². The van der Waals surface area contributed by atoms with Crippen molar-refractivity contribution in [1.82, 2.24) is 9.80 Å². The molecular formula is C14H30N2O4. The van der Waals surface area contributed by atoms with Crippen LogP contribution in [0.3, 0.4) is 0 Å². The molecule has 0 aromatic heterocycles. The van der Waals surface area contributed by atoms with Crippen LogP contribution in [-0.4, -0.2) is 101 Å². The minimum absolute atomic E-state index is 0.256. The van der Waals surface area contributed by atoms with E-state index in [0.717, 1.165) is 45.9 Å². The third kappa shape index (κ3) is 8.84. The molecule has 1 fully saturated rings. The standard InChI is InChI=1S/C14H30N2O4/c1-18-11-12-20-14-13-19-10-8-16-4-2-3-15(5-6-16)7-9-17/h17H,2-14H2,1H3. The Labute approximate surface area is 122 Å². The fourth-order valence-electron chi connectivity index (χ4n) is 2.27. The van der Waals surface area contributed by atoms with Crippen LogP contribution in [0.5, 0.6) is 0 Å². The number of β-amino-alcohol motifs (C(OH)–C–C–N with tert-alkyl or cyclic N) is 1. The van der Waals surface area contributed by atoms with Crippen molar-refractivity contribution >= 4 is 0 Å². The third-order valence-corrected chi connectivity index (χ3v) is 3.45. The lowest BCUT2D eigenvalue weighted by atomic mass is 10.4. The summed E-state index contributed by atoms with van der Waals surface area (Å²) in [5.74, 6) is 0. The summed E-state index contributed by atoms with van der Waals surface area (Å²) in [7, 11) is 1.67. The SMILES string of the molecule is COCCOCCOCCN1CCCN(CCO)CC1. The molecule has 1 aliphatic heterocycles. The van der Waals surface area contributed by atoms with Crippen molar-refractivity contribution in [2.24, 2.45) is 0 Å². The van der Waals surface area contributed by atoms with E-state index in [0.29, 0.717) is 26.4 Å². The zero-order valence-corrected chi connectivity index (χ0v) is 12.8. The average molecular weight is 290 g/mol. The van der Waals surface area contributed by atoms with Crippen molar-refractivity contribution in [1.29, 1.82) is 0 Å². The van der Waals surface area contributed by atoms with Crippen molar-refractivity contribution in [2.75, 3.05) is 86.0 Å². The molecule has 1 heterocycles. The van der Waals surface area contributed by atoms with Crippen LogP contribution >= 0.6 is 0 Å². The molecule has 0 radical (unpaired) electrons. The normalized spacial score (nSPS) is 18.3. The molecule has 0 aromatic rings. The summed E-state index contributed by atoms with van der Waals surface area (Å²) in [6, 6.07) is 0. The maximum Gasteiger partial charge on any atom is 0.0701 e. The van der Waals surface area contributed by atoms with Crippen molar-refractivity contribution in [2.45, 2.75) is 6.42 Å². The molecule has 0 aromatic carbocycles. The monoisotopic (exact) mass is 290 g/mol. The van der Waals surface area contributed by atoms with Crippen LogP contribution in [0, 0.1) is 0 Å². The van der Waals surface area contributed by atoms with Crippen LogP contribution in [0.2, 0.25) is 0 Å². The molecule has 1 saturated heterocycles. The van der Waals surface area contributed by atoms with Crippen LogP contribution in [0.1, 0.15) is 6.42 Å². The molecule has 1 aliphatic rings. The van der Waals surface area contributed by atoms with Gasteiger partial charge in [0.2, 0.25) is 0 Å². The molecular weight excluding hydrogens is 260 g/mol. The summed E-state index contributed by atoms with van der Waals surface area (Å²) < 4.78 is 15.8. The number of aliphatic hydroxyl groups is 1. The van der Waals surface area contributed by atoms with Crippen LogP contribution in [0.15, 0.2) is 0 Å². The molecule has 0 spiro atoms. The fraction of sp³-hybridized carbons (Fsp3) is 1.00. The second-order valence-corrected chi connectivity index (χ2v) is 4.98. The Hall–Kier alpha value is -0.240. The lowest BCUT2D eigenvalue weighted by Crippen LogP contribution is -2.34. The summed E-state index contributed by atoms with van der Waals surface area (Å²) in [4.78, 5) is 4.76. The van der Waals surface area contributed by atoms with Gasteiger partial charge in [0.05, 0.1) is 39.6 Å². The molecule has 6 heteroatoms. The van der Waals surface area contributed by atoms with Gasteiger partial charge in [0.1, 0.15) is 0 Å². The van der Waals surface area contributed by atoms with Gasteiger partial charge in [-0.1, -0.05) is 0 Å². The van der Waals surface area contributed by atoms with Gasteiger partial charge in [-0.3, -0.25) is 9.80 Å². The minimum atomic E-state index is 0.256. The summed E-state index contributed by atoms with van der Waals surface area (Å²) in [6.07, 6.45) is 1.17. The van der Waals surface area contributed by atoms with Gasteiger partial charge in [0.25, 0.3) is 0 Å². The first-order valence-corrected chi connectivity index (χ1v) is 7.57. The predicted octanol–water partition coefficient (Wildman–Crippen LogP) is -0.334. The Balaban J connectivity index is 1.94. The second-order valence-electron chi connectivity index (χ2n) is 4.98. The average Bonchev–Trinajstić information content (AvgIpc) is 2.68. The highest BCUT2D eigenvalue weighted by molar-refractivity contribution is 4.69.